The summed E-state index contributed by atoms with van der Waals surface area (Å²) in [5.74, 6) is 0. The van der Waals surface area contributed by atoms with Gasteiger partial charge in [0.15, 0.2) is 0 Å². The van der Waals surface area contributed by atoms with Crippen LogP contribution in [0.3, 0.4) is 0 Å². The third-order valence-corrected chi connectivity index (χ3v) is 7.96. The zero-order chi connectivity index (χ0) is 25.8. The van der Waals surface area contributed by atoms with Gasteiger partial charge in [-0.2, -0.15) is 5.10 Å². The van der Waals surface area contributed by atoms with Crippen LogP contribution in [0.4, 0.5) is 4.79 Å². The summed E-state index contributed by atoms with van der Waals surface area (Å²) < 4.78 is 0. The molecule has 1 amide bonds. The third-order valence-electron chi connectivity index (χ3n) is 7.96. The summed E-state index contributed by atoms with van der Waals surface area (Å²) in [5.41, 5.74) is 8.64. The summed E-state index contributed by atoms with van der Waals surface area (Å²) in [7, 11) is 0. The van der Waals surface area contributed by atoms with E-state index in [4.69, 9.17) is 4.98 Å². The number of aromatic nitrogens is 3. The number of fused-ring (bicyclic) bond motifs is 3. The van der Waals surface area contributed by atoms with Crippen LogP contribution >= 0.6 is 0 Å². The predicted molar refractivity (Wildman–Crippen MR) is 145 cm³/mol. The predicted octanol–water partition coefficient (Wildman–Crippen LogP) is 7.06. The van der Waals surface area contributed by atoms with Gasteiger partial charge in [-0.15, -0.1) is 0 Å². The van der Waals surface area contributed by atoms with E-state index in [1.54, 1.807) is 4.90 Å². The Hall–Kier alpha value is -3.93. The van der Waals surface area contributed by atoms with Crippen molar-refractivity contribution in [1.82, 2.24) is 20.1 Å². The molecule has 37 heavy (non-hydrogen) atoms. The summed E-state index contributed by atoms with van der Waals surface area (Å²) in [6, 6.07) is 21.0. The molecule has 0 aliphatic heterocycles. The van der Waals surface area contributed by atoms with Crippen LogP contribution in [0.1, 0.15) is 56.9 Å². The van der Waals surface area contributed by atoms with Gasteiger partial charge >= 0.3 is 6.09 Å². The lowest BCUT2D eigenvalue weighted by Crippen LogP contribution is -2.60. The second-order valence-electron chi connectivity index (χ2n) is 11.3. The monoisotopic (exact) mass is 492 g/mol. The molecule has 6 nitrogen and oxygen atoms in total. The van der Waals surface area contributed by atoms with Crippen LogP contribution in [-0.4, -0.2) is 36.8 Å². The van der Waals surface area contributed by atoms with Crippen molar-refractivity contribution >= 4 is 6.09 Å². The van der Waals surface area contributed by atoms with E-state index < -0.39 is 17.2 Å². The highest BCUT2D eigenvalue weighted by atomic mass is 16.4. The number of hydrogen-bond donors (Lipinski definition) is 2. The molecule has 0 bridgehead atoms. The van der Waals surface area contributed by atoms with Crippen molar-refractivity contribution in [1.29, 1.82) is 0 Å². The highest BCUT2D eigenvalue weighted by Gasteiger charge is 2.50. The molecule has 0 spiro atoms. The summed E-state index contributed by atoms with van der Waals surface area (Å²) in [6.45, 7) is 5.93. The van der Waals surface area contributed by atoms with Gasteiger partial charge in [0.05, 0.1) is 22.6 Å². The smallest absolute Gasteiger partial charge is 0.408 e. The molecular weight excluding hydrogens is 460 g/mol. The molecule has 1 fully saturated rings. The first-order valence-corrected chi connectivity index (χ1v) is 13.0. The first-order chi connectivity index (χ1) is 17.8. The minimum absolute atomic E-state index is 0.482. The maximum absolute atomic E-state index is 12.4. The molecule has 0 unspecified atom stereocenters. The van der Waals surface area contributed by atoms with Crippen molar-refractivity contribution in [2.45, 2.75) is 64.0 Å². The summed E-state index contributed by atoms with van der Waals surface area (Å²) in [4.78, 5) is 19.2. The molecule has 0 radical (unpaired) electrons. The molecule has 6 heteroatoms. The zero-order valence-electron chi connectivity index (χ0n) is 21.6. The molecule has 2 aromatic carbocycles. The maximum Gasteiger partial charge on any atom is 0.408 e. The number of aromatic amines is 1. The number of amides is 1. The Kier molecular flexibility index (Phi) is 5.44. The minimum Gasteiger partial charge on any atom is -0.465 e. The number of H-pyrrole nitrogens is 1. The van der Waals surface area contributed by atoms with E-state index in [1.807, 2.05) is 33.0 Å². The van der Waals surface area contributed by atoms with E-state index in [1.165, 1.54) is 5.56 Å². The van der Waals surface area contributed by atoms with Gasteiger partial charge in [-0.1, -0.05) is 54.6 Å². The lowest BCUT2D eigenvalue weighted by Gasteiger charge is -2.54. The second kappa shape index (κ2) is 8.58. The van der Waals surface area contributed by atoms with Gasteiger partial charge < -0.3 is 5.11 Å². The van der Waals surface area contributed by atoms with E-state index in [0.29, 0.717) is 0 Å². The van der Waals surface area contributed by atoms with Gasteiger partial charge in [0.2, 0.25) is 0 Å². The SMILES string of the molecule is CC(C)(C)N(C(=O)O)C1(c2ccc(-c3nc4c(cc3-c3ccccc3)-c3n[nH]cc3CC4)cc2)CCC1. The standard InChI is InChI=1S/C31H32N4O2/c1-30(2,3)35(29(36)37)31(16-7-17-31)23-13-10-21(11-14-23)27-24(20-8-5-4-6-9-20)18-25-26(33-27)15-12-22-19-32-34-28(22)25/h4-6,8-11,13-14,18-19H,7,12,15-17H2,1-3H3,(H,32,34)(H,36,37). The van der Waals surface area contributed by atoms with Gasteiger partial charge in [0, 0.05) is 28.4 Å². The Morgan fingerprint density at radius 3 is 2.30 bits per heavy atom. The van der Waals surface area contributed by atoms with Crippen molar-refractivity contribution < 1.29 is 9.90 Å². The molecular formula is C31H32N4O2. The Morgan fingerprint density at radius 1 is 0.946 bits per heavy atom. The molecule has 0 atom stereocenters. The molecule has 2 aliphatic carbocycles. The molecule has 0 saturated heterocycles. The number of aryl methyl sites for hydroxylation is 2. The molecule has 188 valence electrons. The second-order valence-corrected chi connectivity index (χ2v) is 11.3. The molecule has 2 N–H and O–H groups in total. The van der Waals surface area contributed by atoms with Crippen LogP contribution in [0, 0.1) is 0 Å². The number of hydrogen-bond acceptors (Lipinski definition) is 3. The molecule has 2 aliphatic rings. The number of carboxylic acid groups (broad SMARTS) is 1. The molecule has 2 heterocycles. The third kappa shape index (κ3) is 3.82. The fraction of sp³-hybridized carbons (Fsp3) is 0.323. The van der Waals surface area contributed by atoms with E-state index >= 15 is 0 Å². The van der Waals surface area contributed by atoms with Crippen LogP contribution in [0.15, 0.2) is 66.9 Å². The van der Waals surface area contributed by atoms with E-state index in [9.17, 15) is 9.90 Å². The Bertz CT molecular complexity index is 1460. The number of pyridine rings is 1. The first-order valence-electron chi connectivity index (χ1n) is 13.0. The van der Waals surface area contributed by atoms with Gasteiger partial charge in [-0.25, -0.2) is 4.79 Å². The molecule has 6 rings (SSSR count). The topological polar surface area (TPSA) is 82.1 Å². The average molecular weight is 493 g/mol. The van der Waals surface area contributed by atoms with E-state index in [-0.39, 0.29) is 0 Å². The zero-order valence-corrected chi connectivity index (χ0v) is 21.6. The Balaban J connectivity index is 1.46. The molecule has 4 aromatic rings. The van der Waals surface area contributed by atoms with E-state index in [0.717, 1.165) is 77.0 Å². The van der Waals surface area contributed by atoms with Crippen LogP contribution in [0.5, 0.6) is 0 Å². The fourth-order valence-electron chi connectivity index (χ4n) is 6.20. The summed E-state index contributed by atoms with van der Waals surface area (Å²) in [5, 5.41) is 17.7. The number of nitrogens with zero attached hydrogens (tertiary/aromatic N) is 3. The van der Waals surface area contributed by atoms with Gasteiger partial charge in [0.1, 0.15) is 0 Å². The van der Waals surface area contributed by atoms with Gasteiger partial charge in [0.25, 0.3) is 0 Å². The molecule has 1 saturated carbocycles. The first kappa shape index (κ1) is 23.5. The Labute approximate surface area is 217 Å². The van der Waals surface area contributed by atoms with Crippen LogP contribution in [0.25, 0.3) is 33.6 Å². The quantitative estimate of drug-likeness (QED) is 0.319. The van der Waals surface area contributed by atoms with Gasteiger partial charge in [-0.05, 0) is 75.6 Å². The van der Waals surface area contributed by atoms with Gasteiger partial charge in [-0.3, -0.25) is 15.0 Å². The van der Waals surface area contributed by atoms with Crippen LogP contribution in [-0.2, 0) is 18.4 Å². The average Bonchev–Trinajstić information content (AvgIpc) is 3.34. The summed E-state index contributed by atoms with van der Waals surface area (Å²) in [6.07, 6.45) is 5.64. The van der Waals surface area contributed by atoms with Crippen molar-refractivity contribution in [2.75, 3.05) is 0 Å². The summed E-state index contributed by atoms with van der Waals surface area (Å²) >= 11 is 0. The fourth-order valence-corrected chi connectivity index (χ4v) is 6.20. The molecule has 2 aromatic heterocycles. The minimum atomic E-state index is -0.864. The highest BCUT2D eigenvalue weighted by Crippen LogP contribution is 2.50. The van der Waals surface area contributed by atoms with Crippen LogP contribution < -0.4 is 0 Å². The van der Waals surface area contributed by atoms with E-state index in [2.05, 4.69) is 64.8 Å². The number of rotatable bonds is 4. The maximum atomic E-state index is 12.4. The van der Waals surface area contributed by atoms with Crippen molar-refractivity contribution in [2.24, 2.45) is 0 Å². The largest absolute Gasteiger partial charge is 0.465 e. The lowest BCUT2D eigenvalue weighted by molar-refractivity contribution is -0.0328. The van der Waals surface area contributed by atoms with Crippen molar-refractivity contribution in [3.05, 3.63) is 83.7 Å². The Morgan fingerprint density at radius 2 is 1.68 bits per heavy atom. The van der Waals surface area contributed by atoms with Crippen LogP contribution in [0.2, 0.25) is 0 Å². The number of nitrogens with one attached hydrogen (secondary N) is 1. The lowest BCUT2D eigenvalue weighted by atomic mass is 9.69. The normalized spacial score (nSPS) is 15.9. The van der Waals surface area contributed by atoms with Crippen molar-refractivity contribution in [3.63, 3.8) is 0 Å². The van der Waals surface area contributed by atoms with Crippen molar-refractivity contribution in [3.8, 4) is 33.6 Å². The highest BCUT2D eigenvalue weighted by molar-refractivity contribution is 5.85. The number of benzene rings is 2. The number of carbonyl (C=O) groups is 1.